The topological polar surface area (TPSA) is 118 Å². The van der Waals surface area contributed by atoms with Gasteiger partial charge < -0.3 is 10.0 Å². The van der Waals surface area contributed by atoms with Crippen molar-refractivity contribution in [1.29, 1.82) is 0 Å². The number of carboxylic acids is 1. The first-order valence-corrected chi connectivity index (χ1v) is 7.70. The minimum atomic E-state index is -3.19. The van der Waals surface area contributed by atoms with Crippen molar-refractivity contribution in [2.75, 3.05) is 29.5 Å². The van der Waals surface area contributed by atoms with Gasteiger partial charge in [0.05, 0.1) is 28.1 Å². The van der Waals surface area contributed by atoms with Crippen LogP contribution in [0, 0.1) is 15.9 Å². The third-order valence-corrected chi connectivity index (χ3v) is 4.79. The molecule has 21 heavy (non-hydrogen) atoms. The quantitative estimate of drug-likeness (QED) is 0.642. The minimum Gasteiger partial charge on any atom is -0.478 e. The van der Waals surface area contributed by atoms with Gasteiger partial charge in [-0.2, -0.15) is 0 Å². The molecule has 0 aliphatic carbocycles. The van der Waals surface area contributed by atoms with Crippen molar-refractivity contribution in [2.24, 2.45) is 0 Å². The first-order valence-electron chi connectivity index (χ1n) is 5.88. The van der Waals surface area contributed by atoms with Gasteiger partial charge in [-0.3, -0.25) is 10.1 Å². The van der Waals surface area contributed by atoms with Gasteiger partial charge in [0.1, 0.15) is 11.5 Å². The molecule has 0 aromatic heterocycles. The normalized spacial score (nSPS) is 17.5. The number of nitro benzene ring substituents is 1. The van der Waals surface area contributed by atoms with Crippen molar-refractivity contribution < 1.29 is 27.6 Å². The molecule has 10 heteroatoms. The summed E-state index contributed by atoms with van der Waals surface area (Å²) in [6, 6.07) is 1.41. The van der Waals surface area contributed by atoms with E-state index in [1.54, 1.807) is 0 Å². The van der Waals surface area contributed by atoms with Gasteiger partial charge in [-0.1, -0.05) is 0 Å². The molecule has 0 saturated carbocycles. The van der Waals surface area contributed by atoms with E-state index in [-0.39, 0.29) is 30.3 Å². The molecule has 1 aliphatic rings. The van der Waals surface area contributed by atoms with Gasteiger partial charge in [-0.05, 0) is 6.07 Å². The maximum absolute atomic E-state index is 13.5. The number of carboxylic acid groups (broad SMARTS) is 1. The molecule has 1 heterocycles. The number of rotatable bonds is 3. The summed E-state index contributed by atoms with van der Waals surface area (Å²) in [7, 11) is -3.19. The van der Waals surface area contributed by atoms with Gasteiger partial charge in [0.15, 0.2) is 9.84 Å². The number of sulfone groups is 1. The second-order valence-corrected chi connectivity index (χ2v) is 6.83. The molecule has 0 spiro atoms. The van der Waals surface area contributed by atoms with Crippen molar-refractivity contribution in [3.8, 4) is 0 Å². The van der Waals surface area contributed by atoms with Crippen LogP contribution in [0.25, 0.3) is 0 Å². The minimum absolute atomic E-state index is 0.00609. The Hall–Kier alpha value is -2.23. The number of nitrogens with zero attached hydrogens (tertiary/aromatic N) is 2. The lowest BCUT2D eigenvalue weighted by Gasteiger charge is -2.28. The molecule has 0 atom stereocenters. The lowest BCUT2D eigenvalue weighted by atomic mass is 10.1. The van der Waals surface area contributed by atoms with Crippen molar-refractivity contribution in [1.82, 2.24) is 0 Å². The van der Waals surface area contributed by atoms with Gasteiger partial charge in [-0.15, -0.1) is 0 Å². The largest absolute Gasteiger partial charge is 0.478 e. The molecule has 1 aromatic carbocycles. The smallest absolute Gasteiger partial charge is 0.338 e. The van der Waals surface area contributed by atoms with E-state index in [2.05, 4.69) is 0 Å². The van der Waals surface area contributed by atoms with Crippen molar-refractivity contribution in [3.05, 3.63) is 33.6 Å². The van der Waals surface area contributed by atoms with Crippen LogP contribution >= 0.6 is 0 Å². The Bertz CT molecular complexity index is 704. The fraction of sp³-hybridized carbons (Fsp3) is 0.364. The zero-order chi connectivity index (χ0) is 15.8. The number of hydrogen-bond donors (Lipinski definition) is 1. The molecule has 1 N–H and O–H groups in total. The average molecular weight is 318 g/mol. The van der Waals surface area contributed by atoms with E-state index in [0.717, 1.165) is 6.07 Å². The fourth-order valence-corrected chi connectivity index (χ4v) is 3.27. The second-order valence-electron chi connectivity index (χ2n) is 4.52. The lowest BCUT2D eigenvalue weighted by molar-refractivity contribution is -0.384. The summed E-state index contributed by atoms with van der Waals surface area (Å²) in [5.41, 5.74) is -1.37. The zero-order valence-corrected chi connectivity index (χ0v) is 11.5. The number of anilines is 1. The molecule has 0 radical (unpaired) electrons. The number of halogens is 1. The first kappa shape index (κ1) is 15.2. The van der Waals surface area contributed by atoms with Gasteiger partial charge in [0, 0.05) is 13.1 Å². The molecule has 0 amide bonds. The molecule has 0 unspecified atom stereocenters. The SMILES string of the molecule is O=C(O)c1cc(N2CCS(=O)(=O)CC2)c([N+](=O)[O-])cc1F. The van der Waals surface area contributed by atoms with E-state index in [4.69, 9.17) is 5.11 Å². The number of hydrogen-bond acceptors (Lipinski definition) is 6. The summed E-state index contributed by atoms with van der Waals surface area (Å²) in [5, 5.41) is 19.8. The molecular weight excluding hydrogens is 307 g/mol. The fourth-order valence-electron chi connectivity index (χ4n) is 2.07. The molecule has 1 aliphatic heterocycles. The molecular formula is C11H11FN2O6S. The molecule has 1 saturated heterocycles. The highest BCUT2D eigenvalue weighted by Crippen LogP contribution is 2.32. The number of aromatic carboxylic acids is 1. The Morgan fingerprint density at radius 3 is 2.38 bits per heavy atom. The van der Waals surface area contributed by atoms with Crippen LogP contribution in [0.3, 0.4) is 0 Å². The van der Waals surface area contributed by atoms with Gasteiger partial charge in [0.25, 0.3) is 5.69 Å². The van der Waals surface area contributed by atoms with Crippen molar-refractivity contribution in [2.45, 2.75) is 0 Å². The molecule has 8 nitrogen and oxygen atoms in total. The van der Waals surface area contributed by atoms with Gasteiger partial charge in [-0.25, -0.2) is 17.6 Å². The molecule has 2 rings (SSSR count). The third kappa shape index (κ3) is 3.10. The van der Waals surface area contributed by atoms with Crippen LogP contribution in [0.4, 0.5) is 15.8 Å². The summed E-state index contributed by atoms with van der Waals surface area (Å²) in [4.78, 5) is 22.4. The van der Waals surface area contributed by atoms with Gasteiger partial charge >= 0.3 is 5.97 Å². The summed E-state index contributed by atoms with van der Waals surface area (Å²) < 4.78 is 36.3. The summed E-state index contributed by atoms with van der Waals surface area (Å²) in [5.74, 6) is -3.13. The Kier molecular flexibility index (Phi) is 3.81. The Balaban J connectivity index is 2.48. The highest BCUT2D eigenvalue weighted by atomic mass is 32.2. The average Bonchev–Trinajstić information content (AvgIpc) is 2.38. The zero-order valence-electron chi connectivity index (χ0n) is 10.7. The van der Waals surface area contributed by atoms with Crippen molar-refractivity contribution >= 4 is 27.2 Å². The van der Waals surface area contributed by atoms with Crippen LogP contribution in [-0.4, -0.2) is 49.0 Å². The Morgan fingerprint density at radius 1 is 1.33 bits per heavy atom. The van der Waals surface area contributed by atoms with E-state index < -0.39 is 37.8 Å². The first-order chi connectivity index (χ1) is 9.71. The van der Waals surface area contributed by atoms with E-state index in [9.17, 15) is 27.7 Å². The van der Waals surface area contributed by atoms with E-state index in [0.29, 0.717) is 6.07 Å². The highest BCUT2D eigenvalue weighted by Gasteiger charge is 2.29. The number of benzene rings is 1. The van der Waals surface area contributed by atoms with Crippen LogP contribution in [0.2, 0.25) is 0 Å². The van der Waals surface area contributed by atoms with Crippen LogP contribution < -0.4 is 4.90 Å². The molecule has 114 valence electrons. The standard InChI is InChI=1S/C11H11FN2O6S/c12-8-6-10(14(17)18)9(5-7(8)11(15)16)13-1-3-21(19,20)4-2-13/h5-6H,1-4H2,(H,15,16). The number of nitro groups is 1. The molecule has 1 aromatic rings. The highest BCUT2D eigenvalue weighted by molar-refractivity contribution is 7.91. The maximum atomic E-state index is 13.5. The van der Waals surface area contributed by atoms with Crippen LogP contribution in [-0.2, 0) is 9.84 Å². The predicted octanol–water partition coefficient (Wildman–Crippen LogP) is 0.667. The van der Waals surface area contributed by atoms with Crippen LogP contribution in [0.1, 0.15) is 10.4 Å². The van der Waals surface area contributed by atoms with E-state index in [1.165, 1.54) is 4.90 Å². The van der Waals surface area contributed by atoms with Gasteiger partial charge in [0.2, 0.25) is 0 Å². The van der Waals surface area contributed by atoms with Crippen LogP contribution in [0.15, 0.2) is 12.1 Å². The number of carbonyl (C=O) groups is 1. The predicted molar refractivity (Wildman–Crippen MR) is 70.9 cm³/mol. The Morgan fingerprint density at radius 2 is 1.90 bits per heavy atom. The van der Waals surface area contributed by atoms with E-state index in [1.807, 2.05) is 0 Å². The third-order valence-electron chi connectivity index (χ3n) is 3.18. The van der Waals surface area contributed by atoms with Crippen LogP contribution in [0.5, 0.6) is 0 Å². The molecule has 0 bridgehead atoms. The van der Waals surface area contributed by atoms with Crippen molar-refractivity contribution in [3.63, 3.8) is 0 Å². The van der Waals surface area contributed by atoms with E-state index >= 15 is 0 Å². The summed E-state index contributed by atoms with van der Waals surface area (Å²) in [6.07, 6.45) is 0. The second kappa shape index (κ2) is 5.28. The lowest BCUT2D eigenvalue weighted by Crippen LogP contribution is -2.40. The summed E-state index contributed by atoms with van der Waals surface area (Å²) >= 11 is 0. The Labute approximate surface area is 118 Å². The monoisotopic (exact) mass is 318 g/mol. The summed E-state index contributed by atoms with van der Waals surface area (Å²) in [6.45, 7) is -0.0122. The maximum Gasteiger partial charge on any atom is 0.338 e. The molecule has 1 fully saturated rings.